The highest BCUT2D eigenvalue weighted by Crippen LogP contribution is 2.07. The fourth-order valence-electron chi connectivity index (χ4n) is 1.16. The summed E-state index contributed by atoms with van der Waals surface area (Å²) in [6, 6.07) is 9.36. The number of hydrogen-bond acceptors (Lipinski definition) is 2. The third-order valence-corrected chi connectivity index (χ3v) is 2.44. The largest absolute Gasteiger partial charge is 0.285 e. The molecular weight excluding hydrogens is 200 g/mol. The van der Waals surface area contributed by atoms with E-state index in [-0.39, 0.29) is 5.75 Å². The Bertz CT molecular complexity index is 418. The van der Waals surface area contributed by atoms with Crippen LogP contribution in [0, 0.1) is 0 Å². The van der Waals surface area contributed by atoms with Crippen molar-refractivity contribution in [1.29, 1.82) is 0 Å². The molecule has 0 bridgehead atoms. The molecule has 4 heteroatoms. The average Bonchev–Trinajstić information content (AvgIpc) is 2.02. The second-order valence-electron chi connectivity index (χ2n) is 3.13. The Balaban J connectivity index is 2.80. The van der Waals surface area contributed by atoms with Gasteiger partial charge in [0.05, 0.1) is 5.75 Å². The summed E-state index contributed by atoms with van der Waals surface area (Å²) in [7, 11) is -3.91. The van der Waals surface area contributed by atoms with Crippen LogP contribution in [0.15, 0.2) is 35.9 Å². The number of benzene rings is 1. The first-order valence-electron chi connectivity index (χ1n) is 4.15. The van der Waals surface area contributed by atoms with Crippen LogP contribution in [0.1, 0.15) is 12.5 Å². The SMILES string of the molecule is CC(=Cc1ccccc1)CS(=O)(=O)O. The predicted molar refractivity (Wildman–Crippen MR) is 56.5 cm³/mol. The molecule has 1 N–H and O–H groups in total. The molecule has 0 saturated carbocycles. The van der Waals surface area contributed by atoms with Crippen LogP contribution in [0.2, 0.25) is 0 Å². The second kappa shape index (κ2) is 4.39. The van der Waals surface area contributed by atoms with E-state index in [4.69, 9.17) is 4.55 Å². The summed E-state index contributed by atoms with van der Waals surface area (Å²) in [6.07, 6.45) is 1.73. The minimum absolute atomic E-state index is 0.318. The van der Waals surface area contributed by atoms with Crippen molar-refractivity contribution in [1.82, 2.24) is 0 Å². The molecule has 0 amide bonds. The molecule has 14 heavy (non-hydrogen) atoms. The van der Waals surface area contributed by atoms with Gasteiger partial charge in [0.1, 0.15) is 0 Å². The smallest absolute Gasteiger partial charge is 0.268 e. The van der Waals surface area contributed by atoms with E-state index in [1.54, 1.807) is 13.0 Å². The molecule has 76 valence electrons. The Morgan fingerprint density at radius 3 is 2.43 bits per heavy atom. The van der Waals surface area contributed by atoms with E-state index in [2.05, 4.69) is 0 Å². The molecule has 3 nitrogen and oxygen atoms in total. The molecule has 1 rings (SSSR count). The van der Waals surface area contributed by atoms with E-state index in [1.165, 1.54) is 0 Å². The maximum absolute atomic E-state index is 10.5. The van der Waals surface area contributed by atoms with Gasteiger partial charge in [0.15, 0.2) is 0 Å². The van der Waals surface area contributed by atoms with E-state index in [0.29, 0.717) is 5.57 Å². The Morgan fingerprint density at radius 1 is 1.36 bits per heavy atom. The van der Waals surface area contributed by atoms with Crippen molar-refractivity contribution in [3.63, 3.8) is 0 Å². The van der Waals surface area contributed by atoms with Crippen LogP contribution in [0.4, 0.5) is 0 Å². The first-order valence-corrected chi connectivity index (χ1v) is 5.76. The molecule has 1 aromatic carbocycles. The minimum Gasteiger partial charge on any atom is -0.285 e. The summed E-state index contributed by atoms with van der Waals surface area (Å²) in [4.78, 5) is 0. The Labute approximate surface area is 83.8 Å². The lowest BCUT2D eigenvalue weighted by molar-refractivity contribution is 0.486. The molecule has 0 heterocycles. The summed E-state index contributed by atoms with van der Waals surface area (Å²) >= 11 is 0. The maximum Gasteiger partial charge on any atom is 0.268 e. The van der Waals surface area contributed by atoms with Crippen LogP contribution in [0.25, 0.3) is 6.08 Å². The zero-order valence-corrected chi connectivity index (χ0v) is 8.66. The van der Waals surface area contributed by atoms with Crippen molar-refractivity contribution >= 4 is 16.2 Å². The monoisotopic (exact) mass is 212 g/mol. The molecule has 0 aliphatic carbocycles. The van der Waals surface area contributed by atoms with Crippen molar-refractivity contribution in [3.8, 4) is 0 Å². The summed E-state index contributed by atoms with van der Waals surface area (Å²) in [5, 5.41) is 0. The Morgan fingerprint density at radius 2 is 1.93 bits per heavy atom. The van der Waals surface area contributed by atoms with Crippen LogP contribution >= 0.6 is 0 Å². The van der Waals surface area contributed by atoms with Gasteiger partial charge >= 0.3 is 0 Å². The first kappa shape index (κ1) is 10.9. The Hall–Kier alpha value is -1.13. The lowest BCUT2D eigenvalue weighted by atomic mass is 10.1. The van der Waals surface area contributed by atoms with Crippen molar-refractivity contribution in [3.05, 3.63) is 41.5 Å². The summed E-state index contributed by atoms with van der Waals surface area (Å²) < 4.78 is 29.7. The fraction of sp³-hybridized carbons (Fsp3) is 0.200. The predicted octanol–water partition coefficient (Wildman–Crippen LogP) is 1.98. The molecule has 0 aliphatic heterocycles. The van der Waals surface area contributed by atoms with Gasteiger partial charge in [-0.05, 0) is 12.5 Å². The molecule has 0 fully saturated rings. The maximum atomic E-state index is 10.5. The summed E-state index contributed by atoms with van der Waals surface area (Å²) in [5.74, 6) is -0.318. The highest BCUT2D eigenvalue weighted by molar-refractivity contribution is 7.86. The molecule has 0 aliphatic rings. The summed E-state index contributed by atoms with van der Waals surface area (Å²) in [5.41, 5.74) is 1.53. The lowest BCUT2D eigenvalue weighted by Crippen LogP contribution is -2.04. The van der Waals surface area contributed by atoms with Gasteiger partial charge in [0.25, 0.3) is 10.1 Å². The molecule has 0 atom stereocenters. The second-order valence-corrected chi connectivity index (χ2v) is 4.58. The van der Waals surface area contributed by atoms with Crippen molar-refractivity contribution in [2.75, 3.05) is 5.75 Å². The van der Waals surface area contributed by atoms with E-state index in [9.17, 15) is 8.42 Å². The highest BCUT2D eigenvalue weighted by Gasteiger charge is 2.04. The highest BCUT2D eigenvalue weighted by atomic mass is 32.2. The normalized spacial score (nSPS) is 12.9. The van der Waals surface area contributed by atoms with Crippen molar-refractivity contribution in [2.45, 2.75) is 6.92 Å². The van der Waals surface area contributed by atoms with Crippen LogP contribution in [0.3, 0.4) is 0 Å². The zero-order chi connectivity index (χ0) is 10.6. The molecule has 0 aromatic heterocycles. The standard InChI is InChI=1S/C10H12O3S/c1-9(8-14(11,12)13)7-10-5-3-2-4-6-10/h2-7H,8H2,1H3,(H,11,12,13). The van der Waals surface area contributed by atoms with E-state index >= 15 is 0 Å². The first-order chi connectivity index (χ1) is 6.47. The van der Waals surface area contributed by atoms with E-state index < -0.39 is 10.1 Å². The summed E-state index contributed by atoms with van der Waals surface area (Å²) in [6.45, 7) is 1.67. The van der Waals surface area contributed by atoms with Crippen LogP contribution in [-0.4, -0.2) is 18.7 Å². The molecular formula is C10H12O3S. The average molecular weight is 212 g/mol. The number of rotatable bonds is 3. The third-order valence-electron chi connectivity index (χ3n) is 1.62. The topological polar surface area (TPSA) is 54.4 Å². The molecule has 0 unspecified atom stereocenters. The van der Waals surface area contributed by atoms with Gasteiger partial charge in [0, 0.05) is 0 Å². The fourth-order valence-corrected chi connectivity index (χ4v) is 1.82. The van der Waals surface area contributed by atoms with Gasteiger partial charge in [-0.3, -0.25) is 4.55 Å². The quantitative estimate of drug-likeness (QED) is 0.779. The van der Waals surface area contributed by atoms with Gasteiger partial charge in [-0.25, -0.2) is 0 Å². The third kappa shape index (κ3) is 4.20. The molecule has 0 radical (unpaired) electrons. The molecule has 0 spiro atoms. The van der Waals surface area contributed by atoms with Gasteiger partial charge in [0.2, 0.25) is 0 Å². The zero-order valence-electron chi connectivity index (χ0n) is 7.84. The minimum atomic E-state index is -3.91. The van der Waals surface area contributed by atoms with Gasteiger partial charge < -0.3 is 0 Å². The van der Waals surface area contributed by atoms with E-state index in [1.807, 2.05) is 30.3 Å². The molecule has 1 aromatic rings. The van der Waals surface area contributed by atoms with Crippen molar-refractivity contribution in [2.24, 2.45) is 0 Å². The van der Waals surface area contributed by atoms with Gasteiger partial charge in [-0.1, -0.05) is 42.0 Å². The number of hydrogen-bond donors (Lipinski definition) is 1. The van der Waals surface area contributed by atoms with Crippen LogP contribution < -0.4 is 0 Å². The van der Waals surface area contributed by atoms with Crippen LogP contribution in [-0.2, 0) is 10.1 Å². The van der Waals surface area contributed by atoms with E-state index in [0.717, 1.165) is 5.56 Å². The Kier molecular flexibility index (Phi) is 3.43. The lowest BCUT2D eigenvalue weighted by Gasteiger charge is -1.98. The van der Waals surface area contributed by atoms with Gasteiger partial charge in [-0.15, -0.1) is 0 Å². The molecule has 0 saturated heterocycles. The van der Waals surface area contributed by atoms with Crippen molar-refractivity contribution < 1.29 is 13.0 Å². The van der Waals surface area contributed by atoms with Crippen LogP contribution in [0.5, 0.6) is 0 Å². The van der Waals surface area contributed by atoms with Gasteiger partial charge in [-0.2, -0.15) is 8.42 Å².